The van der Waals surface area contributed by atoms with Crippen LogP contribution in [0.5, 0.6) is 0 Å². The Balaban J connectivity index is 2.95. The van der Waals surface area contributed by atoms with E-state index in [1.807, 2.05) is 0 Å². The molecule has 0 unspecified atom stereocenters. The monoisotopic (exact) mass is 165 g/mol. The quantitative estimate of drug-likeness (QED) is 0.695. The first-order valence-electron chi connectivity index (χ1n) is 4.18. The van der Waals surface area contributed by atoms with Crippen molar-refractivity contribution in [1.82, 2.24) is 0 Å². The average molecular weight is 165 g/mol. The lowest BCUT2D eigenvalue weighted by atomic mass is 10.0. The van der Waals surface area contributed by atoms with E-state index in [4.69, 9.17) is 5.90 Å². The fourth-order valence-corrected chi connectivity index (χ4v) is 1.32. The van der Waals surface area contributed by atoms with E-state index in [0.29, 0.717) is 6.61 Å². The summed E-state index contributed by atoms with van der Waals surface area (Å²) >= 11 is 0. The molecule has 0 aliphatic heterocycles. The maximum Gasteiger partial charge on any atom is 0.0932 e. The van der Waals surface area contributed by atoms with Crippen LogP contribution in [0.1, 0.15) is 23.6 Å². The molecule has 0 heterocycles. The molecule has 0 saturated carbocycles. The summed E-state index contributed by atoms with van der Waals surface area (Å²) in [5, 5.41) is 0. The van der Waals surface area contributed by atoms with Crippen LogP contribution in [0.25, 0.3) is 0 Å². The van der Waals surface area contributed by atoms with Gasteiger partial charge in [-0.2, -0.15) is 0 Å². The number of aryl methyl sites for hydroxylation is 2. The Bertz CT molecular complexity index is 258. The molecule has 66 valence electrons. The van der Waals surface area contributed by atoms with E-state index in [-0.39, 0.29) is 0 Å². The van der Waals surface area contributed by atoms with Gasteiger partial charge in [-0.1, -0.05) is 30.7 Å². The fraction of sp³-hybridized carbons (Fsp3) is 0.400. The smallest absolute Gasteiger partial charge is 0.0932 e. The zero-order chi connectivity index (χ0) is 8.97. The Hall–Kier alpha value is -0.860. The average Bonchev–Trinajstić information content (AvgIpc) is 2.05. The highest BCUT2D eigenvalue weighted by molar-refractivity contribution is 5.30. The highest BCUT2D eigenvalue weighted by Gasteiger charge is 1.99. The van der Waals surface area contributed by atoms with Crippen molar-refractivity contribution in [3.05, 3.63) is 34.9 Å². The zero-order valence-corrected chi connectivity index (χ0v) is 7.63. The van der Waals surface area contributed by atoms with Crippen molar-refractivity contribution in [3.8, 4) is 0 Å². The molecule has 0 aromatic heterocycles. The maximum absolute atomic E-state index is 5.03. The van der Waals surface area contributed by atoms with Crippen LogP contribution in [0.3, 0.4) is 0 Å². The molecule has 0 aliphatic carbocycles. The predicted octanol–water partition coefficient (Wildman–Crippen LogP) is 1.95. The number of rotatable bonds is 3. The fourth-order valence-electron chi connectivity index (χ4n) is 1.32. The van der Waals surface area contributed by atoms with Crippen molar-refractivity contribution >= 4 is 0 Å². The van der Waals surface area contributed by atoms with E-state index in [2.05, 4.69) is 36.9 Å². The highest BCUT2D eigenvalue weighted by Crippen LogP contribution is 2.12. The van der Waals surface area contributed by atoms with Gasteiger partial charge in [0.25, 0.3) is 0 Å². The Labute approximate surface area is 73.3 Å². The summed E-state index contributed by atoms with van der Waals surface area (Å²) in [6.07, 6.45) is 1.03. The van der Waals surface area contributed by atoms with Gasteiger partial charge in [-0.15, -0.1) is 0 Å². The Morgan fingerprint density at radius 2 is 2.08 bits per heavy atom. The van der Waals surface area contributed by atoms with Gasteiger partial charge in [-0.3, -0.25) is 4.84 Å². The molecule has 12 heavy (non-hydrogen) atoms. The third-order valence-corrected chi connectivity index (χ3v) is 1.98. The maximum atomic E-state index is 5.03. The van der Waals surface area contributed by atoms with Crippen LogP contribution in [-0.4, -0.2) is 0 Å². The summed E-state index contributed by atoms with van der Waals surface area (Å²) < 4.78 is 0. The summed E-state index contributed by atoms with van der Waals surface area (Å²) in [5.74, 6) is 5.03. The van der Waals surface area contributed by atoms with Crippen LogP contribution in [0.15, 0.2) is 18.2 Å². The number of nitrogens with two attached hydrogens (primary N) is 1. The van der Waals surface area contributed by atoms with Gasteiger partial charge in [0.05, 0.1) is 6.61 Å². The molecule has 2 heteroatoms. The van der Waals surface area contributed by atoms with Crippen molar-refractivity contribution in [2.45, 2.75) is 26.9 Å². The first kappa shape index (κ1) is 9.23. The molecule has 1 aromatic rings. The summed E-state index contributed by atoms with van der Waals surface area (Å²) in [5.41, 5.74) is 3.75. The van der Waals surface area contributed by atoms with E-state index in [1.54, 1.807) is 0 Å². The largest absolute Gasteiger partial charge is 0.300 e. The van der Waals surface area contributed by atoms with E-state index in [9.17, 15) is 0 Å². The summed E-state index contributed by atoms with van der Waals surface area (Å²) in [6, 6.07) is 6.36. The van der Waals surface area contributed by atoms with Crippen LogP contribution in [-0.2, 0) is 17.9 Å². The molecular weight excluding hydrogens is 150 g/mol. The van der Waals surface area contributed by atoms with Gasteiger partial charge in [0.15, 0.2) is 0 Å². The van der Waals surface area contributed by atoms with Gasteiger partial charge in [0, 0.05) is 0 Å². The molecule has 0 fully saturated rings. The number of hydrogen-bond donors (Lipinski definition) is 1. The molecule has 1 rings (SSSR count). The van der Waals surface area contributed by atoms with Crippen LogP contribution in [0.4, 0.5) is 0 Å². The van der Waals surface area contributed by atoms with Gasteiger partial charge in [0.2, 0.25) is 0 Å². The summed E-state index contributed by atoms with van der Waals surface area (Å²) in [6.45, 7) is 4.70. The number of benzene rings is 1. The minimum Gasteiger partial charge on any atom is -0.300 e. The first-order chi connectivity index (χ1) is 5.77. The Morgan fingerprint density at radius 3 is 2.67 bits per heavy atom. The molecule has 1 aromatic carbocycles. The first-order valence-corrected chi connectivity index (χ1v) is 4.18. The van der Waals surface area contributed by atoms with E-state index in [0.717, 1.165) is 6.42 Å². The highest BCUT2D eigenvalue weighted by atomic mass is 16.6. The second-order valence-electron chi connectivity index (χ2n) is 2.94. The van der Waals surface area contributed by atoms with Crippen LogP contribution >= 0.6 is 0 Å². The normalized spacial score (nSPS) is 10.2. The molecule has 0 aliphatic rings. The second-order valence-corrected chi connectivity index (χ2v) is 2.94. The second kappa shape index (κ2) is 4.24. The lowest BCUT2D eigenvalue weighted by Crippen LogP contribution is -2.02. The van der Waals surface area contributed by atoms with Gasteiger partial charge in [-0.25, -0.2) is 5.90 Å². The molecule has 0 atom stereocenters. The van der Waals surface area contributed by atoms with Gasteiger partial charge < -0.3 is 0 Å². The summed E-state index contributed by atoms with van der Waals surface area (Å²) in [7, 11) is 0. The third kappa shape index (κ3) is 2.06. The van der Waals surface area contributed by atoms with Gasteiger partial charge >= 0.3 is 0 Å². The van der Waals surface area contributed by atoms with Crippen LogP contribution < -0.4 is 5.90 Å². The van der Waals surface area contributed by atoms with Crippen molar-refractivity contribution in [1.29, 1.82) is 0 Å². The van der Waals surface area contributed by atoms with Crippen LogP contribution in [0.2, 0.25) is 0 Å². The predicted molar refractivity (Wildman–Crippen MR) is 49.5 cm³/mol. The topological polar surface area (TPSA) is 35.2 Å². The van der Waals surface area contributed by atoms with Crippen molar-refractivity contribution in [2.75, 3.05) is 0 Å². The van der Waals surface area contributed by atoms with E-state index < -0.39 is 0 Å². The molecular formula is C10H15NO. The van der Waals surface area contributed by atoms with Gasteiger partial charge in [0.1, 0.15) is 0 Å². The minimum atomic E-state index is 0.505. The third-order valence-electron chi connectivity index (χ3n) is 1.98. The van der Waals surface area contributed by atoms with Crippen LogP contribution in [0, 0.1) is 6.92 Å². The lowest BCUT2D eigenvalue weighted by molar-refractivity contribution is 0.123. The van der Waals surface area contributed by atoms with Crippen molar-refractivity contribution in [2.24, 2.45) is 5.90 Å². The zero-order valence-electron chi connectivity index (χ0n) is 7.63. The molecule has 0 radical (unpaired) electrons. The minimum absolute atomic E-state index is 0.505. The summed E-state index contributed by atoms with van der Waals surface area (Å²) in [4.78, 5) is 4.63. The number of hydrogen-bond acceptors (Lipinski definition) is 2. The van der Waals surface area contributed by atoms with Crippen molar-refractivity contribution < 1.29 is 4.84 Å². The molecule has 0 bridgehead atoms. The molecule has 0 amide bonds. The molecule has 2 N–H and O–H groups in total. The Morgan fingerprint density at radius 1 is 1.33 bits per heavy atom. The van der Waals surface area contributed by atoms with E-state index >= 15 is 0 Å². The Kier molecular flexibility index (Phi) is 3.26. The van der Waals surface area contributed by atoms with E-state index in [1.165, 1.54) is 16.7 Å². The van der Waals surface area contributed by atoms with Crippen molar-refractivity contribution in [3.63, 3.8) is 0 Å². The molecule has 0 spiro atoms. The standard InChI is InChI=1S/C10H15NO/c1-3-9-5-4-8(2)6-10(9)7-12-11/h4-6H,3,7,11H2,1-2H3. The van der Waals surface area contributed by atoms with Gasteiger partial charge in [-0.05, 0) is 24.5 Å². The lowest BCUT2D eigenvalue weighted by Gasteiger charge is -2.06. The SMILES string of the molecule is CCc1ccc(C)cc1CON. The molecule has 2 nitrogen and oxygen atoms in total. The molecule has 0 saturated heterocycles.